The summed E-state index contributed by atoms with van der Waals surface area (Å²) < 4.78 is 24.8. The van der Waals surface area contributed by atoms with Gasteiger partial charge in [-0.3, -0.25) is 10.1 Å². The van der Waals surface area contributed by atoms with E-state index in [9.17, 15) is 13.2 Å². The lowest BCUT2D eigenvalue weighted by Crippen LogP contribution is -2.32. The van der Waals surface area contributed by atoms with Crippen molar-refractivity contribution in [2.75, 3.05) is 11.6 Å². The third kappa shape index (κ3) is 3.24. The van der Waals surface area contributed by atoms with E-state index in [2.05, 4.69) is 10.3 Å². The summed E-state index contributed by atoms with van der Waals surface area (Å²) in [6, 6.07) is 7.56. The van der Waals surface area contributed by atoms with Crippen LogP contribution in [0.3, 0.4) is 0 Å². The summed E-state index contributed by atoms with van der Waals surface area (Å²) >= 11 is 0. The molecule has 1 heterocycles. The van der Waals surface area contributed by atoms with Crippen LogP contribution in [0.1, 0.15) is 20.3 Å². The Kier molecular flexibility index (Phi) is 4.32. The molecule has 0 saturated carbocycles. The van der Waals surface area contributed by atoms with Crippen molar-refractivity contribution in [3.05, 3.63) is 24.3 Å². The van der Waals surface area contributed by atoms with Gasteiger partial charge in [-0.25, -0.2) is 13.4 Å². The summed E-state index contributed by atoms with van der Waals surface area (Å²) in [6.07, 6.45) is 1.93. The molecule has 0 fully saturated rings. The fraction of sp³-hybridized carbons (Fsp3) is 0.429. The van der Waals surface area contributed by atoms with Crippen LogP contribution in [0, 0.1) is 0 Å². The number of fused-ring (bicyclic) bond motifs is 1. The number of sulfone groups is 1. The van der Waals surface area contributed by atoms with Crippen LogP contribution in [-0.4, -0.2) is 35.4 Å². The highest BCUT2D eigenvalue weighted by atomic mass is 32.2. The Morgan fingerprint density at radius 1 is 1.38 bits per heavy atom. The highest BCUT2D eigenvalue weighted by Crippen LogP contribution is 2.20. The first kappa shape index (κ1) is 15.5. The number of aromatic nitrogens is 2. The molecule has 0 saturated heterocycles. The Morgan fingerprint density at radius 2 is 2.05 bits per heavy atom. The first-order chi connectivity index (χ1) is 9.84. The van der Waals surface area contributed by atoms with Gasteiger partial charge < -0.3 is 4.57 Å². The second kappa shape index (κ2) is 5.85. The summed E-state index contributed by atoms with van der Waals surface area (Å²) in [5.41, 5.74) is 1.69. The van der Waals surface area contributed by atoms with Gasteiger partial charge in [-0.1, -0.05) is 19.1 Å². The van der Waals surface area contributed by atoms with Crippen molar-refractivity contribution in [1.82, 2.24) is 9.55 Å². The van der Waals surface area contributed by atoms with Gasteiger partial charge in [-0.05, 0) is 25.5 Å². The van der Waals surface area contributed by atoms with Crippen LogP contribution in [-0.2, 0) is 21.2 Å². The molecule has 0 bridgehead atoms. The molecule has 1 N–H and O–H groups in total. The predicted molar refractivity (Wildman–Crippen MR) is 83.0 cm³/mol. The molecule has 0 spiro atoms. The predicted octanol–water partition coefficient (Wildman–Crippen LogP) is 1.82. The van der Waals surface area contributed by atoms with Crippen LogP contribution in [0.25, 0.3) is 11.0 Å². The quantitative estimate of drug-likeness (QED) is 0.913. The smallest absolute Gasteiger partial charge is 0.244 e. The van der Waals surface area contributed by atoms with E-state index in [0.29, 0.717) is 12.5 Å². The third-order valence-electron chi connectivity index (χ3n) is 3.35. The molecular weight excluding hydrogens is 290 g/mol. The number of nitrogens with one attached hydrogen (secondary N) is 1. The maximum absolute atomic E-state index is 12.0. The van der Waals surface area contributed by atoms with E-state index in [-0.39, 0.29) is 0 Å². The number of anilines is 1. The number of carbonyl (C=O) groups excluding carboxylic acids is 1. The lowest BCUT2D eigenvalue weighted by molar-refractivity contribution is -0.115. The lowest BCUT2D eigenvalue weighted by Gasteiger charge is -2.12. The summed E-state index contributed by atoms with van der Waals surface area (Å²) in [4.78, 5) is 16.4. The molecule has 21 heavy (non-hydrogen) atoms. The molecule has 0 aliphatic heterocycles. The van der Waals surface area contributed by atoms with E-state index in [1.54, 1.807) is 0 Å². The number of imidazole rings is 1. The van der Waals surface area contributed by atoms with Crippen LogP contribution in [0.4, 0.5) is 5.95 Å². The molecule has 1 aromatic carbocycles. The number of hydrogen-bond acceptors (Lipinski definition) is 4. The van der Waals surface area contributed by atoms with Crippen LogP contribution in [0.15, 0.2) is 24.3 Å². The monoisotopic (exact) mass is 309 g/mol. The van der Waals surface area contributed by atoms with Gasteiger partial charge >= 0.3 is 0 Å². The van der Waals surface area contributed by atoms with Crippen LogP contribution < -0.4 is 5.32 Å². The topological polar surface area (TPSA) is 81.1 Å². The zero-order valence-electron chi connectivity index (χ0n) is 12.3. The lowest BCUT2D eigenvalue weighted by atomic mass is 10.3. The maximum Gasteiger partial charge on any atom is 0.244 e. The van der Waals surface area contributed by atoms with Crippen LogP contribution >= 0.6 is 0 Å². The number of hydrogen-bond donors (Lipinski definition) is 1. The molecule has 114 valence electrons. The van der Waals surface area contributed by atoms with Gasteiger partial charge in [0.15, 0.2) is 9.84 Å². The minimum Gasteiger partial charge on any atom is -0.310 e. The van der Waals surface area contributed by atoms with Crippen molar-refractivity contribution < 1.29 is 13.2 Å². The summed E-state index contributed by atoms with van der Waals surface area (Å²) in [5.74, 6) is -0.177. The molecule has 2 rings (SSSR count). The van der Waals surface area contributed by atoms with E-state index in [1.165, 1.54) is 6.92 Å². The SMILES string of the molecule is CCCn1c(NC(=O)C(C)S(C)(=O)=O)nc2ccccc21. The standard InChI is InChI=1S/C14H19N3O3S/c1-4-9-17-12-8-6-5-7-11(12)15-14(17)16-13(18)10(2)21(3,19)20/h5-8,10H,4,9H2,1-3H3,(H,15,16,18). The van der Waals surface area contributed by atoms with Gasteiger partial charge in [-0.15, -0.1) is 0 Å². The first-order valence-corrected chi connectivity index (χ1v) is 8.75. The van der Waals surface area contributed by atoms with E-state index >= 15 is 0 Å². The highest BCUT2D eigenvalue weighted by molar-refractivity contribution is 7.92. The number of carbonyl (C=O) groups is 1. The average Bonchev–Trinajstić information content (AvgIpc) is 2.75. The maximum atomic E-state index is 12.0. The summed E-state index contributed by atoms with van der Waals surface area (Å²) in [6.45, 7) is 4.10. The number of nitrogens with zero attached hydrogens (tertiary/aromatic N) is 2. The minimum absolute atomic E-state index is 0.388. The molecule has 1 unspecified atom stereocenters. The molecule has 7 heteroatoms. The number of para-hydroxylation sites is 2. The molecule has 1 amide bonds. The molecule has 6 nitrogen and oxygen atoms in total. The van der Waals surface area contributed by atoms with Gasteiger partial charge in [-0.2, -0.15) is 0 Å². The number of amides is 1. The molecule has 1 aromatic heterocycles. The van der Waals surface area contributed by atoms with E-state index in [0.717, 1.165) is 23.7 Å². The van der Waals surface area contributed by atoms with Crippen LogP contribution in [0.2, 0.25) is 0 Å². The molecule has 0 aliphatic carbocycles. The van der Waals surface area contributed by atoms with Crippen molar-refractivity contribution in [3.8, 4) is 0 Å². The van der Waals surface area contributed by atoms with Gasteiger partial charge in [0.25, 0.3) is 0 Å². The molecule has 1 atom stereocenters. The van der Waals surface area contributed by atoms with Gasteiger partial charge in [0.1, 0.15) is 5.25 Å². The van der Waals surface area contributed by atoms with E-state index in [1.807, 2.05) is 35.8 Å². The minimum atomic E-state index is -3.43. The average molecular weight is 309 g/mol. The molecule has 0 radical (unpaired) electrons. The van der Waals surface area contributed by atoms with Crippen LogP contribution in [0.5, 0.6) is 0 Å². The Bertz CT molecular complexity index is 765. The Balaban J connectivity index is 2.38. The highest BCUT2D eigenvalue weighted by Gasteiger charge is 2.25. The number of aryl methyl sites for hydroxylation is 1. The Morgan fingerprint density at radius 3 is 2.67 bits per heavy atom. The molecule has 2 aromatic rings. The normalized spacial score (nSPS) is 13.3. The fourth-order valence-corrected chi connectivity index (χ4v) is 2.47. The first-order valence-electron chi connectivity index (χ1n) is 6.79. The van der Waals surface area contributed by atoms with Crippen molar-refractivity contribution >= 4 is 32.7 Å². The summed E-state index contributed by atoms with van der Waals surface area (Å²) in [5, 5.41) is 1.52. The molecular formula is C14H19N3O3S. The van der Waals surface area contributed by atoms with Gasteiger partial charge in [0, 0.05) is 12.8 Å². The van der Waals surface area contributed by atoms with E-state index < -0.39 is 21.0 Å². The largest absolute Gasteiger partial charge is 0.310 e. The van der Waals surface area contributed by atoms with Gasteiger partial charge in [0.05, 0.1) is 11.0 Å². The van der Waals surface area contributed by atoms with Gasteiger partial charge in [0.2, 0.25) is 11.9 Å². The fourth-order valence-electron chi connectivity index (χ4n) is 2.03. The third-order valence-corrected chi connectivity index (χ3v) is 4.85. The second-order valence-corrected chi connectivity index (χ2v) is 7.40. The zero-order valence-corrected chi connectivity index (χ0v) is 13.1. The number of benzene rings is 1. The van der Waals surface area contributed by atoms with Crippen molar-refractivity contribution in [2.45, 2.75) is 32.1 Å². The van der Waals surface area contributed by atoms with Crippen molar-refractivity contribution in [3.63, 3.8) is 0 Å². The van der Waals surface area contributed by atoms with E-state index in [4.69, 9.17) is 0 Å². The zero-order chi connectivity index (χ0) is 15.6. The summed E-state index contributed by atoms with van der Waals surface area (Å²) in [7, 11) is -3.43. The molecule has 0 aliphatic rings. The Hall–Kier alpha value is -1.89. The van der Waals surface area contributed by atoms with Crippen molar-refractivity contribution in [2.24, 2.45) is 0 Å². The number of rotatable bonds is 5. The Labute approximate surface area is 124 Å². The van der Waals surface area contributed by atoms with Crippen molar-refractivity contribution in [1.29, 1.82) is 0 Å². The second-order valence-electron chi connectivity index (χ2n) is 5.04.